The van der Waals surface area contributed by atoms with Crippen LogP contribution in [0.2, 0.25) is 0 Å². The molecule has 10 heteroatoms. The molecule has 0 radical (unpaired) electrons. The number of carbonyl (C=O) groups excluding carboxylic acids is 3. The van der Waals surface area contributed by atoms with E-state index in [2.05, 4.69) is 27.8 Å². The first-order valence-corrected chi connectivity index (χ1v) is 10.4. The topological polar surface area (TPSA) is 164 Å². The molecular weight excluding hydrogens is 438 g/mol. The minimum absolute atomic E-state index is 0.117. The SMILES string of the molecule is C[C@@H](O)[C@H](NC(=O)c1ccc(C#Cc2ccc(NC(=O)CNCCC#N)cc2)cc1)C(=O)NO. The van der Waals surface area contributed by atoms with Gasteiger partial charge in [-0.05, 0) is 55.5 Å². The largest absolute Gasteiger partial charge is 0.391 e. The Balaban J connectivity index is 1.94. The Morgan fingerprint density at radius 2 is 1.59 bits per heavy atom. The van der Waals surface area contributed by atoms with E-state index in [1.807, 2.05) is 6.07 Å². The van der Waals surface area contributed by atoms with Crippen LogP contribution in [0.15, 0.2) is 48.5 Å². The van der Waals surface area contributed by atoms with Crippen LogP contribution in [0.5, 0.6) is 0 Å². The minimum atomic E-state index is -1.30. The van der Waals surface area contributed by atoms with Crippen molar-refractivity contribution < 1.29 is 24.7 Å². The molecule has 0 spiro atoms. The lowest BCUT2D eigenvalue weighted by atomic mass is 10.1. The molecule has 176 valence electrons. The molecule has 0 bridgehead atoms. The molecule has 0 fully saturated rings. The zero-order valence-corrected chi connectivity index (χ0v) is 18.5. The number of hydrogen-bond acceptors (Lipinski definition) is 7. The smallest absolute Gasteiger partial charge is 0.268 e. The van der Waals surface area contributed by atoms with Crippen LogP contribution in [0.25, 0.3) is 0 Å². The third-order valence-corrected chi connectivity index (χ3v) is 4.53. The first kappa shape index (κ1) is 26.0. The van der Waals surface area contributed by atoms with E-state index in [0.29, 0.717) is 24.2 Å². The van der Waals surface area contributed by atoms with Crippen LogP contribution in [0.4, 0.5) is 5.69 Å². The number of hydroxylamine groups is 1. The number of nitrogens with one attached hydrogen (secondary N) is 4. The Morgan fingerprint density at radius 1 is 1.00 bits per heavy atom. The molecule has 6 N–H and O–H groups in total. The van der Waals surface area contributed by atoms with Gasteiger partial charge in [0.25, 0.3) is 11.8 Å². The number of carbonyl (C=O) groups is 3. The van der Waals surface area contributed by atoms with Gasteiger partial charge in [0.2, 0.25) is 5.91 Å². The summed E-state index contributed by atoms with van der Waals surface area (Å²) in [6.07, 6.45) is -0.865. The fraction of sp³-hybridized carbons (Fsp3) is 0.250. The minimum Gasteiger partial charge on any atom is -0.391 e. The maximum absolute atomic E-state index is 12.3. The quantitative estimate of drug-likeness (QED) is 0.137. The fourth-order valence-electron chi connectivity index (χ4n) is 2.74. The van der Waals surface area contributed by atoms with Crippen LogP contribution in [0, 0.1) is 23.2 Å². The molecule has 0 heterocycles. The molecule has 0 unspecified atom stereocenters. The van der Waals surface area contributed by atoms with E-state index < -0.39 is 24.0 Å². The maximum Gasteiger partial charge on any atom is 0.268 e. The molecular formula is C24H25N5O5. The van der Waals surface area contributed by atoms with Gasteiger partial charge in [0, 0.05) is 35.3 Å². The van der Waals surface area contributed by atoms with Gasteiger partial charge in [-0.3, -0.25) is 19.6 Å². The average Bonchev–Trinajstić information content (AvgIpc) is 2.84. The normalized spacial score (nSPS) is 11.7. The van der Waals surface area contributed by atoms with Crippen LogP contribution in [-0.4, -0.2) is 53.3 Å². The second kappa shape index (κ2) is 13.4. The molecule has 34 heavy (non-hydrogen) atoms. The molecule has 3 amide bonds. The van der Waals surface area contributed by atoms with Crippen molar-refractivity contribution >= 4 is 23.4 Å². The van der Waals surface area contributed by atoms with Crippen LogP contribution >= 0.6 is 0 Å². The summed E-state index contributed by atoms with van der Waals surface area (Å²) in [6.45, 7) is 1.88. The molecule has 0 aliphatic heterocycles. The lowest BCUT2D eigenvalue weighted by Crippen LogP contribution is -2.51. The van der Waals surface area contributed by atoms with Gasteiger partial charge in [-0.25, -0.2) is 5.48 Å². The predicted molar refractivity (Wildman–Crippen MR) is 123 cm³/mol. The van der Waals surface area contributed by atoms with Gasteiger partial charge in [0.1, 0.15) is 6.04 Å². The van der Waals surface area contributed by atoms with E-state index in [1.54, 1.807) is 36.4 Å². The van der Waals surface area contributed by atoms with Crippen LogP contribution in [0.3, 0.4) is 0 Å². The van der Waals surface area contributed by atoms with Crippen LogP contribution in [-0.2, 0) is 9.59 Å². The first-order valence-electron chi connectivity index (χ1n) is 10.4. The van der Waals surface area contributed by atoms with E-state index in [1.165, 1.54) is 24.5 Å². The second-order valence-corrected chi connectivity index (χ2v) is 7.21. The fourth-order valence-corrected chi connectivity index (χ4v) is 2.74. The summed E-state index contributed by atoms with van der Waals surface area (Å²) in [7, 11) is 0. The van der Waals surface area contributed by atoms with Crippen molar-refractivity contribution in [1.82, 2.24) is 16.1 Å². The molecule has 0 aromatic heterocycles. The van der Waals surface area contributed by atoms with Gasteiger partial charge in [-0.1, -0.05) is 11.8 Å². The summed E-state index contributed by atoms with van der Waals surface area (Å²) in [5.74, 6) is 4.23. The Labute approximate surface area is 196 Å². The number of nitrogens with zero attached hydrogens (tertiary/aromatic N) is 1. The standard InChI is InChI=1S/C24H25N5O5/c1-16(30)22(24(33)29-34)28-23(32)19-9-5-17(6-10-19)3-4-18-7-11-20(12-8-18)27-21(31)15-26-14-2-13-25/h5-12,16,22,26,30,34H,2,14-15H2,1H3,(H,27,31)(H,28,32)(H,29,33)/t16-,22+/m1/s1. The Morgan fingerprint density at radius 3 is 2.12 bits per heavy atom. The molecule has 0 saturated carbocycles. The number of aliphatic hydroxyl groups is 1. The van der Waals surface area contributed by atoms with Crippen LogP contribution in [0.1, 0.15) is 34.8 Å². The summed E-state index contributed by atoms with van der Waals surface area (Å²) >= 11 is 0. The molecule has 10 nitrogen and oxygen atoms in total. The average molecular weight is 463 g/mol. The highest BCUT2D eigenvalue weighted by atomic mass is 16.5. The highest BCUT2D eigenvalue weighted by molar-refractivity contribution is 5.97. The highest BCUT2D eigenvalue weighted by Gasteiger charge is 2.25. The summed E-state index contributed by atoms with van der Waals surface area (Å²) in [4.78, 5) is 35.7. The van der Waals surface area contributed by atoms with Gasteiger partial charge in [0.15, 0.2) is 0 Å². The van der Waals surface area contributed by atoms with Gasteiger partial charge in [-0.2, -0.15) is 5.26 Å². The molecule has 0 aliphatic carbocycles. The van der Waals surface area contributed by atoms with E-state index in [4.69, 9.17) is 10.5 Å². The van der Waals surface area contributed by atoms with E-state index in [9.17, 15) is 19.5 Å². The number of nitriles is 1. The molecule has 2 aromatic carbocycles. The highest BCUT2D eigenvalue weighted by Crippen LogP contribution is 2.09. The summed E-state index contributed by atoms with van der Waals surface area (Å²) in [5.41, 5.74) is 3.66. The number of anilines is 1. The second-order valence-electron chi connectivity index (χ2n) is 7.21. The molecule has 0 saturated heterocycles. The monoisotopic (exact) mass is 463 g/mol. The van der Waals surface area contributed by atoms with Crippen molar-refractivity contribution in [3.63, 3.8) is 0 Å². The number of amides is 3. The van der Waals surface area contributed by atoms with Crippen molar-refractivity contribution in [2.45, 2.75) is 25.5 Å². The number of rotatable bonds is 9. The van der Waals surface area contributed by atoms with Crippen molar-refractivity contribution in [2.75, 3.05) is 18.4 Å². The van der Waals surface area contributed by atoms with Gasteiger partial charge < -0.3 is 21.1 Å². The lowest BCUT2D eigenvalue weighted by molar-refractivity contribution is -0.133. The maximum atomic E-state index is 12.3. The number of benzene rings is 2. The molecule has 2 atom stereocenters. The van der Waals surface area contributed by atoms with Gasteiger partial charge >= 0.3 is 0 Å². The van der Waals surface area contributed by atoms with Crippen molar-refractivity contribution in [1.29, 1.82) is 5.26 Å². The summed E-state index contributed by atoms with van der Waals surface area (Å²) < 4.78 is 0. The Kier molecular flexibility index (Phi) is 10.2. The van der Waals surface area contributed by atoms with Crippen molar-refractivity contribution in [2.24, 2.45) is 0 Å². The van der Waals surface area contributed by atoms with E-state index >= 15 is 0 Å². The summed E-state index contributed by atoms with van der Waals surface area (Å²) in [6, 6.07) is 14.0. The third-order valence-electron chi connectivity index (χ3n) is 4.53. The lowest BCUT2D eigenvalue weighted by Gasteiger charge is -2.19. The predicted octanol–water partition coefficient (Wildman–Crippen LogP) is 0.513. The van der Waals surface area contributed by atoms with Gasteiger partial charge in [-0.15, -0.1) is 0 Å². The van der Waals surface area contributed by atoms with Crippen molar-refractivity contribution in [3.8, 4) is 17.9 Å². The molecule has 0 aliphatic rings. The number of hydrogen-bond donors (Lipinski definition) is 6. The zero-order chi connectivity index (χ0) is 24.9. The Bertz CT molecular complexity index is 1100. The third kappa shape index (κ3) is 8.37. The molecule has 2 rings (SSSR count). The van der Waals surface area contributed by atoms with E-state index in [-0.39, 0.29) is 18.0 Å². The van der Waals surface area contributed by atoms with Crippen molar-refractivity contribution in [3.05, 3.63) is 65.2 Å². The Hall–Kier alpha value is -4.22. The van der Waals surface area contributed by atoms with Gasteiger partial charge in [0.05, 0.1) is 18.7 Å². The molecule has 2 aromatic rings. The van der Waals surface area contributed by atoms with E-state index in [0.717, 1.165) is 5.56 Å². The zero-order valence-electron chi connectivity index (χ0n) is 18.5. The number of aliphatic hydroxyl groups excluding tert-OH is 1. The first-order chi connectivity index (χ1) is 16.3. The summed E-state index contributed by atoms with van der Waals surface area (Å²) in [5, 5.41) is 34.8. The van der Waals surface area contributed by atoms with Crippen LogP contribution < -0.4 is 21.4 Å².